The van der Waals surface area contributed by atoms with Gasteiger partial charge in [0, 0.05) is 38.5 Å². The highest BCUT2D eigenvalue weighted by Crippen LogP contribution is 2.11. The van der Waals surface area contributed by atoms with Crippen LogP contribution in [0.4, 0.5) is 10.5 Å². The molecule has 0 radical (unpaired) electrons. The predicted octanol–water partition coefficient (Wildman–Crippen LogP) is 4.00. The molecular weight excluding hydrogens is 422 g/mol. The molecule has 0 saturated heterocycles. The number of nitrogens with zero attached hydrogens (tertiary/aromatic N) is 2. The third-order valence-electron chi connectivity index (χ3n) is 5.27. The lowest BCUT2D eigenvalue weighted by Gasteiger charge is -2.24. The van der Waals surface area contributed by atoms with E-state index in [9.17, 15) is 9.59 Å². The molecule has 33 heavy (non-hydrogen) atoms. The van der Waals surface area contributed by atoms with Crippen LogP contribution in [-0.2, 0) is 25.6 Å². The number of amides is 2. The summed E-state index contributed by atoms with van der Waals surface area (Å²) in [4.78, 5) is 27.9. The summed E-state index contributed by atoms with van der Waals surface area (Å²) in [5, 5.41) is 2.84. The molecule has 0 aliphatic heterocycles. The molecule has 1 aromatic carbocycles. The fourth-order valence-electron chi connectivity index (χ4n) is 2.63. The fourth-order valence-corrected chi connectivity index (χ4v) is 2.63. The van der Waals surface area contributed by atoms with Gasteiger partial charge in [0.2, 0.25) is 5.91 Å². The first-order valence-corrected chi connectivity index (χ1v) is 11.8. The highest BCUT2D eigenvalue weighted by atomic mass is 16.6. The van der Waals surface area contributed by atoms with Crippen LogP contribution in [0.5, 0.6) is 0 Å². The van der Waals surface area contributed by atoms with Gasteiger partial charge in [-0.3, -0.25) is 4.79 Å². The molecule has 0 aliphatic rings. The van der Waals surface area contributed by atoms with Crippen molar-refractivity contribution in [2.45, 2.75) is 53.2 Å². The van der Waals surface area contributed by atoms with Gasteiger partial charge in [0.25, 0.3) is 0 Å². The van der Waals surface area contributed by atoms with Gasteiger partial charge in [0.05, 0.1) is 26.2 Å². The van der Waals surface area contributed by atoms with E-state index in [1.54, 1.807) is 24.1 Å². The molecular formula is C25H43N3O5. The first-order chi connectivity index (χ1) is 15.7. The van der Waals surface area contributed by atoms with E-state index in [2.05, 4.69) is 37.9 Å². The molecule has 8 heteroatoms. The molecule has 2 amide bonds. The third kappa shape index (κ3) is 13.9. The van der Waals surface area contributed by atoms with Gasteiger partial charge in [-0.25, -0.2) is 4.79 Å². The summed E-state index contributed by atoms with van der Waals surface area (Å²) >= 11 is 0. The monoisotopic (exact) mass is 465 g/mol. The summed E-state index contributed by atoms with van der Waals surface area (Å²) < 4.78 is 16.3. The number of hydrogen-bond acceptors (Lipinski definition) is 6. The molecule has 0 aromatic heterocycles. The highest BCUT2D eigenvalue weighted by molar-refractivity contribution is 5.90. The van der Waals surface area contributed by atoms with Crippen LogP contribution in [-0.4, -0.2) is 81.5 Å². The lowest BCUT2D eigenvalue weighted by atomic mass is 10.1. The molecule has 0 heterocycles. The van der Waals surface area contributed by atoms with E-state index >= 15 is 0 Å². The van der Waals surface area contributed by atoms with E-state index in [0.717, 1.165) is 25.1 Å². The average molecular weight is 466 g/mol. The topological polar surface area (TPSA) is 80.3 Å². The van der Waals surface area contributed by atoms with Crippen LogP contribution in [0.2, 0.25) is 0 Å². The predicted molar refractivity (Wildman–Crippen MR) is 131 cm³/mol. The Kier molecular flexibility index (Phi) is 14.4. The van der Waals surface area contributed by atoms with Crippen molar-refractivity contribution in [3.63, 3.8) is 0 Å². The van der Waals surface area contributed by atoms with Crippen molar-refractivity contribution in [2.24, 2.45) is 5.92 Å². The Labute approximate surface area is 199 Å². The van der Waals surface area contributed by atoms with Crippen LogP contribution >= 0.6 is 0 Å². The SMILES string of the molecule is CC(C)CCOCCOCCC(=O)Nc1ccc(COC(=O)N(C)CCN(C)C(C)C)cc1. The number of benzene rings is 1. The smallest absolute Gasteiger partial charge is 0.409 e. The zero-order valence-electron chi connectivity index (χ0n) is 21.3. The van der Waals surface area contributed by atoms with Gasteiger partial charge in [-0.05, 0) is 50.9 Å². The van der Waals surface area contributed by atoms with Gasteiger partial charge >= 0.3 is 6.09 Å². The van der Waals surface area contributed by atoms with Crippen LogP contribution in [0.3, 0.4) is 0 Å². The van der Waals surface area contributed by atoms with Crippen molar-refractivity contribution in [2.75, 3.05) is 58.9 Å². The van der Waals surface area contributed by atoms with Gasteiger partial charge in [-0.1, -0.05) is 26.0 Å². The van der Waals surface area contributed by atoms with Crippen molar-refractivity contribution >= 4 is 17.7 Å². The van der Waals surface area contributed by atoms with Gasteiger partial charge < -0.3 is 29.3 Å². The second-order valence-corrected chi connectivity index (χ2v) is 8.95. The Morgan fingerprint density at radius 3 is 2.15 bits per heavy atom. The maximum absolute atomic E-state index is 12.1. The molecule has 1 rings (SSSR count). The highest BCUT2D eigenvalue weighted by Gasteiger charge is 2.12. The minimum Gasteiger partial charge on any atom is -0.445 e. The first kappa shape index (κ1) is 28.9. The fraction of sp³-hybridized carbons (Fsp3) is 0.680. The van der Waals surface area contributed by atoms with E-state index in [1.807, 2.05) is 19.2 Å². The maximum Gasteiger partial charge on any atom is 0.409 e. The lowest BCUT2D eigenvalue weighted by molar-refractivity contribution is -0.117. The number of rotatable bonds is 16. The Morgan fingerprint density at radius 1 is 0.909 bits per heavy atom. The van der Waals surface area contributed by atoms with E-state index in [1.165, 1.54) is 0 Å². The summed E-state index contributed by atoms with van der Waals surface area (Å²) in [5.41, 5.74) is 1.55. The molecule has 0 fully saturated rings. The second kappa shape index (κ2) is 16.5. The van der Waals surface area contributed by atoms with Crippen molar-refractivity contribution in [1.29, 1.82) is 0 Å². The quantitative estimate of drug-likeness (QED) is 0.372. The summed E-state index contributed by atoms with van der Waals surface area (Å²) in [5.74, 6) is 0.523. The molecule has 0 unspecified atom stereocenters. The van der Waals surface area contributed by atoms with Crippen LogP contribution in [0.1, 0.15) is 46.1 Å². The molecule has 0 aliphatic carbocycles. The third-order valence-corrected chi connectivity index (χ3v) is 5.27. The second-order valence-electron chi connectivity index (χ2n) is 8.95. The summed E-state index contributed by atoms with van der Waals surface area (Å²) in [6.07, 6.45) is 0.968. The van der Waals surface area contributed by atoms with Crippen LogP contribution in [0, 0.1) is 5.92 Å². The lowest BCUT2D eigenvalue weighted by Crippen LogP contribution is -2.37. The summed E-state index contributed by atoms with van der Waals surface area (Å²) in [7, 11) is 3.76. The minimum absolute atomic E-state index is 0.108. The number of hydrogen-bond donors (Lipinski definition) is 1. The molecule has 1 N–H and O–H groups in total. The first-order valence-electron chi connectivity index (χ1n) is 11.8. The number of carbonyl (C=O) groups is 2. The largest absolute Gasteiger partial charge is 0.445 e. The minimum atomic E-state index is -0.352. The van der Waals surface area contributed by atoms with Crippen LogP contribution in [0.25, 0.3) is 0 Å². The molecule has 8 nitrogen and oxygen atoms in total. The number of likely N-dealkylation sites (N-methyl/N-ethyl adjacent to an activating group) is 2. The van der Waals surface area contributed by atoms with E-state index in [-0.39, 0.29) is 25.0 Å². The molecule has 0 atom stereocenters. The maximum atomic E-state index is 12.1. The van der Waals surface area contributed by atoms with E-state index < -0.39 is 0 Å². The molecule has 1 aromatic rings. The molecule has 0 saturated carbocycles. The zero-order valence-corrected chi connectivity index (χ0v) is 21.3. The average Bonchev–Trinajstić information content (AvgIpc) is 2.77. The molecule has 0 spiro atoms. The van der Waals surface area contributed by atoms with Crippen molar-refractivity contribution < 1.29 is 23.8 Å². The van der Waals surface area contributed by atoms with Gasteiger partial charge in [0.1, 0.15) is 6.61 Å². The standard InChI is InChI=1S/C25H43N3O5/c1-20(2)11-15-31-17-18-32-16-12-24(29)26-23-9-7-22(8-10-23)19-33-25(30)28(6)14-13-27(5)21(3)4/h7-10,20-21H,11-19H2,1-6H3,(H,26,29). The zero-order chi connectivity index (χ0) is 24.6. The number of ether oxygens (including phenoxy) is 3. The van der Waals surface area contributed by atoms with E-state index in [4.69, 9.17) is 14.2 Å². The van der Waals surface area contributed by atoms with Crippen molar-refractivity contribution in [1.82, 2.24) is 9.80 Å². The summed E-state index contributed by atoms with van der Waals surface area (Å²) in [6.45, 7) is 12.3. The van der Waals surface area contributed by atoms with E-state index in [0.29, 0.717) is 44.0 Å². The van der Waals surface area contributed by atoms with Gasteiger partial charge in [-0.15, -0.1) is 0 Å². The van der Waals surface area contributed by atoms with Gasteiger partial charge in [0.15, 0.2) is 0 Å². The Balaban J connectivity index is 2.21. The Morgan fingerprint density at radius 2 is 1.55 bits per heavy atom. The van der Waals surface area contributed by atoms with Gasteiger partial charge in [-0.2, -0.15) is 0 Å². The number of nitrogens with one attached hydrogen (secondary N) is 1. The molecule has 0 bridgehead atoms. The van der Waals surface area contributed by atoms with Crippen LogP contribution in [0.15, 0.2) is 24.3 Å². The molecule has 188 valence electrons. The Hall–Kier alpha value is -2.16. The van der Waals surface area contributed by atoms with Crippen LogP contribution < -0.4 is 5.32 Å². The normalized spacial score (nSPS) is 11.3. The number of carbonyl (C=O) groups excluding carboxylic acids is 2. The Bertz CT molecular complexity index is 679. The van der Waals surface area contributed by atoms with Crippen molar-refractivity contribution in [3.05, 3.63) is 29.8 Å². The number of anilines is 1. The van der Waals surface area contributed by atoms with Crippen molar-refractivity contribution in [3.8, 4) is 0 Å². The summed E-state index contributed by atoms with van der Waals surface area (Å²) in [6, 6.07) is 7.69.